The maximum atomic E-state index is 13.1. The number of fused-ring (bicyclic) bond motifs is 1. The number of benzene rings is 1. The number of H-pyrrole nitrogens is 1. The molecular weight excluding hydrogens is 358 g/mol. The zero-order valence-corrected chi connectivity index (χ0v) is 12.8. The Morgan fingerprint density at radius 3 is 2.04 bits per heavy atom. The van der Waals surface area contributed by atoms with Crippen LogP contribution in [0, 0.1) is 6.92 Å². The number of alkyl halides is 6. The Kier molecular flexibility index (Phi) is 4.27. The third-order valence-corrected chi connectivity index (χ3v) is 3.85. The highest BCUT2D eigenvalue weighted by Gasteiger charge is 2.71. The summed E-state index contributed by atoms with van der Waals surface area (Å²) in [4.78, 5) is 26.1. The van der Waals surface area contributed by atoms with Crippen molar-refractivity contribution in [3.63, 3.8) is 0 Å². The summed E-state index contributed by atoms with van der Waals surface area (Å²) in [5, 5.41) is 8.96. The van der Waals surface area contributed by atoms with Crippen molar-refractivity contribution in [1.29, 1.82) is 0 Å². The molecule has 0 radical (unpaired) electrons. The number of hydrogen-bond acceptors (Lipinski definition) is 3. The van der Waals surface area contributed by atoms with E-state index < -0.39 is 45.7 Å². The Hall–Kier alpha value is -2.30. The van der Waals surface area contributed by atoms with E-state index in [2.05, 4.69) is 4.98 Å². The smallest absolute Gasteiger partial charge is 0.369 e. The van der Waals surface area contributed by atoms with Crippen molar-refractivity contribution in [2.45, 2.75) is 38.3 Å². The SMILES string of the molecule is CCn1c(=O)[nH]c2cc(C)c(C(O)(C(F)(F)F)C(F)(F)F)cc2c1=O. The van der Waals surface area contributed by atoms with Crippen molar-refractivity contribution in [2.75, 3.05) is 0 Å². The summed E-state index contributed by atoms with van der Waals surface area (Å²) in [7, 11) is 0. The third-order valence-electron chi connectivity index (χ3n) is 3.85. The quantitative estimate of drug-likeness (QED) is 0.797. The van der Waals surface area contributed by atoms with Crippen molar-refractivity contribution in [2.24, 2.45) is 0 Å². The molecule has 0 amide bonds. The number of nitrogens with one attached hydrogen (secondary N) is 1. The van der Waals surface area contributed by atoms with Gasteiger partial charge in [-0.25, -0.2) is 4.79 Å². The van der Waals surface area contributed by atoms with E-state index in [1.807, 2.05) is 0 Å². The van der Waals surface area contributed by atoms with Gasteiger partial charge in [0, 0.05) is 12.1 Å². The van der Waals surface area contributed by atoms with Crippen LogP contribution >= 0.6 is 0 Å². The minimum atomic E-state index is -6.07. The first kappa shape index (κ1) is 19.0. The molecule has 0 aliphatic heterocycles. The molecular formula is C14H12F6N2O3. The molecule has 0 saturated heterocycles. The van der Waals surface area contributed by atoms with Crippen molar-refractivity contribution < 1.29 is 31.4 Å². The lowest BCUT2D eigenvalue weighted by atomic mass is 9.87. The van der Waals surface area contributed by atoms with Gasteiger partial charge >= 0.3 is 18.0 Å². The molecule has 0 spiro atoms. The molecule has 0 bridgehead atoms. The van der Waals surface area contributed by atoms with Crippen LogP contribution in [-0.2, 0) is 12.1 Å². The molecule has 5 nitrogen and oxygen atoms in total. The van der Waals surface area contributed by atoms with Gasteiger partial charge in [0.25, 0.3) is 11.2 Å². The molecule has 0 saturated carbocycles. The molecule has 0 unspecified atom stereocenters. The Bertz CT molecular complexity index is 925. The van der Waals surface area contributed by atoms with Crippen LogP contribution < -0.4 is 11.2 Å². The van der Waals surface area contributed by atoms with Gasteiger partial charge in [-0.15, -0.1) is 0 Å². The number of aromatic nitrogens is 2. The number of halogens is 6. The number of nitrogens with zero attached hydrogens (tertiary/aromatic N) is 1. The average Bonchev–Trinajstić information content (AvgIpc) is 2.44. The minimum absolute atomic E-state index is 0.143. The van der Waals surface area contributed by atoms with Crippen LogP contribution in [0.5, 0.6) is 0 Å². The summed E-state index contributed by atoms with van der Waals surface area (Å²) in [5.41, 5.74) is -9.41. The van der Waals surface area contributed by atoms with E-state index >= 15 is 0 Å². The van der Waals surface area contributed by atoms with E-state index in [1.54, 1.807) is 0 Å². The van der Waals surface area contributed by atoms with Crippen LogP contribution in [0.4, 0.5) is 26.3 Å². The molecule has 2 rings (SSSR count). The fraction of sp³-hybridized carbons (Fsp3) is 0.429. The highest BCUT2D eigenvalue weighted by molar-refractivity contribution is 5.79. The van der Waals surface area contributed by atoms with Gasteiger partial charge in [0.1, 0.15) is 0 Å². The number of aromatic amines is 1. The molecule has 1 aromatic heterocycles. The van der Waals surface area contributed by atoms with Crippen LogP contribution in [0.3, 0.4) is 0 Å². The second kappa shape index (κ2) is 5.61. The molecule has 1 heterocycles. The van der Waals surface area contributed by atoms with Gasteiger partial charge in [-0.3, -0.25) is 9.36 Å². The highest BCUT2D eigenvalue weighted by Crippen LogP contribution is 2.51. The van der Waals surface area contributed by atoms with Crippen molar-refractivity contribution >= 4 is 10.9 Å². The Labute approximate surface area is 135 Å². The number of aliphatic hydroxyl groups is 1. The lowest BCUT2D eigenvalue weighted by molar-refractivity contribution is -0.376. The third kappa shape index (κ3) is 2.71. The number of rotatable bonds is 2. The van der Waals surface area contributed by atoms with Crippen LogP contribution in [0.25, 0.3) is 10.9 Å². The van der Waals surface area contributed by atoms with Crippen molar-refractivity contribution in [3.05, 3.63) is 44.1 Å². The van der Waals surface area contributed by atoms with E-state index in [1.165, 1.54) is 6.92 Å². The van der Waals surface area contributed by atoms with Gasteiger partial charge in [0.15, 0.2) is 0 Å². The fourth-order valence-electron chi connectivity index (χ4n) is 2.55. The molecule has 1 aromatic carbocycles. The molecule has 2 N–H and O–H groups in total. The number of hydrogen-bond donors (Lipinski definition) is 2. The Balaban J connectivity index is 2.98. The molecule has 0 atom stereocenters. The summed E-state index contributed by atoms with van der Waals surface area (Å²) in [6.45, 7) is 2.16. The second-order valence-corrected chi connectivity index (χ2v) is 5.40. The Morgan fingerprint density at radius 1 is 1.08 bits per heavy atom. The lowest BCUT2D eigenvalue weighted by Gasteiger charge is -2.33. The summed E-state index contributed by atoms with van der Waals surface area (Å²) in [6.07, 6.45) is -12.1. The van der Waals surface area contributed by atoms with E-state index in [0.717, 1.165) is 13.0 Å². The maximum Gasteiger partial charge on any atom is 0.430 e. The molecule has 2 aromatic rings. The molecule has 0 fully saturated rings. The summed E-state index contributed by atoms with van der Waals surface area (Å²) < 4.78 is 79.0. The zero-order valence-electron chi connectivity index (χ0n) is 12.8. The van der Waals surface area contributed by atoms with Crippen LogP contribution in [0.2, 0.25) is 0 Å². The van der Waals surface area contributed by atoms with Gasteiger partial charge in [-0.2, -0.15) is 26.3 Å². The van der Waals surface area contributed by atoms with Gasteiger partial charge in [-0.1, -0.05) is 0 Å². The minimum Gasteiger partial charge on any atom is -0.369 e. The average molecular weight is 370 g/mol. The zero-order chi connectivity index (χ0) is 19.4. The first-order valence-corrected chi connectivity index (χ1v) is 6.89. The predicted molar refractivity (Wildman–Crippen MR) is 75.2 cm³/mol. The van der Waals surface area contributed by atoms with Crippen LogP contribution in [0.15, 0.2) is 21.7 Å². The molecule has 25 heavy (non-hydrogen) atoms. The van der Waals surface area contributed by atoms with Gasteiger partial charge in [-0.05, 0) is 31.5 Å². The molecule has 0 aliphatic carbocycles. The second-order valence-electron chi connectivity index (χ2n) is 5.40. The van der Waals surface area contributed by atoms with Crippen molar-refractivity contribution in [3.8, 4) is 0 Å². The maximum absolute atomic E-state index is 13.1. The predicted octanol–water partition coefficient (Wildman–Crippen LogP) is 2.33. The summed E-state index contributed by atoms with van der Waals surface area (Å²) >= 11 is 0. The van der Waals surface area contributed by atoms with Crippen molar-refractivity contribution in [1.82, 2.24) is 9.55 Å². The first-order valence-electron chi connectivity index (χ1n) is 6.89. The monoisotopic (exact) mass is 370 g/mol. The molecule has 138 valence electrons. The van der Waals surface area contributed by atoms with E-state index in [4.69, 9.17) is 0 Å². The Morgan fingerprint density at radius 2 is 1.60 bits per heavy atom. The van der Waals surface area contributed by atoms with Crippen LogP contribution in [-0.4, -0.2) is 27.0 Å². The summed E-state index contributed by atoms with van der Waals surface area (Å²) in [5.74, 6) is 0. The normalized spacial score (nSPS) is 13.5. The van der Waals surface area contributed by atoms with Gasteiger partial charge in [0.05, 0.1) is 10.9 Å². The summed E-state index contributed by atoms with van der Waals surface area (Å²) in [6, 6.07) is 1.10. The van der Waals surface area contributed by atoms with Crippen LogP contribution in [0.1, 0.15) is 18.1 Å². The largest absolute Gasteiger partial charge is 0.430 e. The standard InChI is InChI=1S/C14H12F6N2O3/c1-3-22-10(23)7-5-8(6(2)4-9(7)21-11(22)24)12(25,13(15,16)17)14(18,19)20/h4-5,25H,3H2,1-2H3,(H,21,24). The topological polar surface area (TPSA) is 75.1 Å². The first-order chi connectivity index (χ1) is 11.3. The molecule has 0 aliphatic rings. The molecule has 11 heteroatoms. The van der Waals surface area contributed by atoms with Gasteiger partial charge in [0.2, 0.25) is 0 Å². The van der Waals surface area contributed by atoms with E-state index in [-0.39, 0.29) is 12.1 Å². The highest BCUT2D eigenvalue weighted by atomic mass is 19.4. The lowest BCUT2D eigenvalue weighted by Crippen LogP contribution is -2.54. The number of aryl methyl sites for hydroxylation is 1. The van der Waals surface area contributed by atoms with E-state index in [9.17, 15) is 41.0 Å². The fourth-order valence-corrected chi connectivity index (χ4v) is 2.55. The van der Waals surface area contributed by atoms with E-state index in [0.29, 0.717) is 10.6 Å². The van der Waals surface area contributed by atoms with Gasteiger partial charge < -0.3 is 10.1 Å².